The number of furan rings is 1. The fourth-order valence-corrected chi connectivity index (χ4v) is 1.97. The van der Waals surface area contributed by atoms with Crippen molar-refractivity contribution in [3.05, 3.63) is 36.1 Å². The van der Waals surface area contributed by atoms with E-state index in [1.54, 1.807) is 7.11 Å². The SMILES string of the molecule is COCC(CCO)NC(=O)c1coc2ccccc12. The first-order valence-corrected chi connectivity index (χ1v) is 6.13. The molecule has 1 atom stereocenters. The largest absolute Gasteiger partial charge is 0.463 e. The molecule has 1 aromatic carbocycles. The predicted octanol–water partition coefficient (Wildman–Crippen LogP) is 1.56. The van der Waals surface area contributed by atoms with Crippen LogP contribution in [0.15, 0.2) is 34.9 Å². The third kappa shape index (κ3) is 3.13. The molecule has 1 amide bonds. The Balaban J connectivity index is 2.14. The van der Waals surface area contributed by atoms with Crippen molar-refractivity contribution in [3.63, 3.8) is 0 Å². The van der Waals surface area contributed by atoms with E-state index in [9.17, 15) is 4.79 Å². The van der Waals surface area contributed by atoms with E-state index >= 15 is 0 Å². The monoisotopic (exact) mass is 263 g/mol. The molecular weight excluding hydrogens is 246 g/mol. The van der Waals surface area contributed by atoms with Crippen LogP contribution in [0, 0.1) is 0 Å². The summed E-state index contributed by atoms with van der Waals surface area (Å²) in [5.41, 5.74) is 1.17. The van der Waals surface area contributed by atoms with Gasteiger partial charge in [-0.1, -0.05) is 18.2 Å². The Morgan fingerprint density at radius 1 is 1.47 bits per heavy atom. The number of benzene rings is 1. The summed E-state index contributed by atoms with van der Waals surface area (Å²) in [5.74, 6) is -0.222. The van der Waals surface area contributed by atoms with Crippen molar-refractivity contribution in [2.75, 3.05) is 20.3 Å². The van der Waals surface area contributed by atoms with Crippen LogP contribution in [0.25, 0.3) is 11.0 Å². The minimum Gasteiger partial charge on any atom is -0.463 e. The van der Waals surface area contributed by atoms with Crippen LogP contribution in [-0.2, 0) is 4.74 Å². The molecule has 1 aromatic heterocycles. The molecule has 102 valence electrons. The van der Waals surface area contributed by atoms with E-state index in [2.05, 4.69) is 5.32 Å². The van der Waals surface area contributed by atoms with Gasteiger partial charge in [-0.2, -0.15) is 0 Å². The Hall–Kier alpha value is -1.85. The zero-order chi connectivity index (χ0) is 13.7. The lowest BCUT2D eigenvalue weighted by Gasteiger charge is -2.16. The molecule has 0 saturated heterocycles. The van der Waals surface area contributed by atoms with Gasteiger partial charge in [0.1, 0.15) is 11.8 Å². The van der Waals surface area contributed by atoms with Crippen molar-refractivity contribution in [1.82, 2.24) is 5.32 Å². The molecule has 2 aromatic rings. The van der Waals surface area contributed by atoms with E-state index in [1.807, 2.05) is 24.3 Å². The molecule has 0 aliphatic heterocycles. The van der Waals surface area contributed by atoms with Crippen molar-refractivity contribution in [2.45, 2.75) is 12.5 Å². The quantitative estimate of drug-likeness (QED) is 0.829. The number of carbonyl (C=O) groups excluding carboxylic acids is 1. The highest BCUT2D eigenvalue weighted by atomic mass is 16.5. The normalized spacial score (nSPS) is 12.5. The van der Waals surface area contributed by atoms with Gasteiger partial charge >= 0.3 is 0 Å². The molecular formula is C14H17NO4. The summed E-state index contributed by atoms with van der Waals surface area (Å²) < 4.78 is 10.3. The van der Waals surface area contributed by atoms with Gasteiger partial charge in [0.05, 0.1) is 18.2 Å². The van der Waals surface area contributed by atoms with Gasteiger partial charge in [-0.15, -0.1) is 0 Å². The Morgan fingerprint density at radius 2 is 2.26 bits per heavy atom. The Bertz CT molecular complexity index is 543. The lowest BCUT2D eigenvalue weighted by atomic mass is 10.1. The van der Waals surface area contributed by atoms with Crippen LogP contribution in [0.1, 0.15) is 16.8 Å². The van der Waals surface area contributed by atoms with Gasteiger partial charge in [-0.25, -0.2) is 0 Å². The molecule has 0 radical (unpaired) electrons. The number of para-hydroxylation sites is 1. The van der Waals surface area contributed by atoms with Crippen LogP contribution in [0.2, 0.25) is 0 Å². The first kappa shape index (κ1) is 13.6. The maximum Gasteiger partial charge on any atom is 0.255 e. The number of aliphatic hydroxyl groups is 1. The maximum atomic E-state index is 12.2. The molecule has 0 bridgehead atoms. The molecule has 1 unspecified atom stereocenters. The molecule has 19 heavy (non-hydrogen) atoms. The summed E-state index contributed by atoms with van der Waals surface area (Å²) in [6, 6.07) is 7.15. The highest BCUT2D eigenvalue weighted by Crippen LogP contribution is 2.20. The van der Waals surface area contributed by atoms with Gasteiger partial charge in [0.25, 0.3) is 5.91 Å². The van der Waals surface area contributed by atoms with Crippen molar-refractivity contribution < 1.29 is 19.1 Å². The molecule has 1 heterocycles. The topological polar surface area (TPSA) is 71.7 Å². The molecule has 0 spiro atoms. The van der Waals surface area contributed by atoms with Crippen LogP contribution >= 0.6 is 0 Å². The molecule has 5 heteroatoms. The molecule has 0 fully saturated rings. The van der Waals surface area contributed by atoms with Gasteiger partial charge < -0.3 is 19.6 Å². The van der Waals surface area contributed by atoms with E-state index in [4.69, 9.17) is 14.3 Å². The van der Waals surface area contributed by atoms with Crippen molar-refractivity contribution in [1.29, 1.82) is 0 Å². The minimum absolute atomic E-state index is 0.000438. The molecule has 5 nitrogen and oxygen atoms in total. The van der Waals surface area contributed by atoms with Crippen molar-refractivity contribution in [3.8, 4) is 0 Å². The van der Waals surface area contributed by atoms with Gasteiger partial charge in [-0.3, -0.25) is 4.79 Å². The number of nitrogens with one attached hydrogen (secondary N) is 1. The first-order valence-electron chi connectivity index (χ1n) is 6.13. The molecule has 0 aliphatic rings. The third-order valence-corrected chi connectivity index (χ3v) is 2.91. The number of hydrogen-bond donors (Lipinski definition) is 2. The summed E-state index contributed by atoms with van der Waals surface area (Å²) >= 11 is 0. The minimum atomic E-state index is -0.222. The fraction of sp³-hybridized carbons (Fsp3) is 0.357. The summed E-state index contributed by atoms with van der Waals surface area (Å²) in [4.78, 5) is 12.2. The highest BCUT2D eigenvalue weighted by molar-refractivity contribution is 6.05. The molecule has 0 aliphatic carbocycles. The third-order valence-electron chi connectivity index (χ3n) is 2.91. The number of rotatable bonds is 6. The summed E-state index contributed by atoms with van der Waals surface area (Å²) in [6.07, 6.45) is 1.90. The zero-order valence-corrected chi connectivity index (χ0v) is 10.8. The molecule has 2 rings (SSSR count). The van der Waals surface area contributed by atoms with E-state index in [1.165, 1.54) is 6.26 Å². The number of ether oxygens (including phenoxy) is 1. The Morgan fingerprint density at radius 3 is 3.00 bits per heavy atom. The van der Waals surface area contributed by atoms with E-state index in [0.29, 0.717) is 24.2 Å². The van der Waals surface area contributed by atoms with Crippen LogP contribution in [0.3, 0.4) is 0 Å². The van der Waals surface area contributed by atoms with Gasteiger partial charge in [-0.05, 0) is 12.5 Å². The number of hydrogen-bond acceptors (Lipinski definition) is 4. The van der Waals surface area contributed by atoms with Gasteiger partial charge in [0.15, 0.2) is 0 Å². The predicted molar refractivity (Wildman–Crippen MR) is 71.0 cm³/mol. The number of aliphatic hydroxyl groups excluding tert-OH is 1. The molecule has 2 N–H and O–H groups in total. The summed E-state index contributed by atoms with van der Waals surface area (Å²) in [6.45, 7) is 0.364. The summed E-state index contributed by atoms with van der Waals surface area (Å²) in [7, 11) is 1.56. The van der Waals surface area contributed by atoms with Gasteiger partial charge in [0.2, 0.25) is 0 Å². The van der Waals surface area contributed by atoms with Crippen LogP contribution < -0.4 is 5.32 Å². The smallest absolute Gasteiger partial charge is 0.255 e. The van der Waals surface area contributed by atoms with Crippen molar-refractivity contribution >= 4 is 16.9 Å². The van der Waals surface area contributed by atoms with E-state index in [-0.39, 0.29) is 18.6 Å². The lowest BCUT2D eigenvalue weighted by Crippen LogP contribution is -2.38. The summed E-state index contributed by atoms with van der Waals surface area (Å²) in [5, 5.41) is 12.6. The second kappa shape index (κ2) is 6.36. The van der Waals surface area contributed by atoms with E-state index < -0.39 is 0 Å². The van der Waals surface area contributed by atoms with Crippen LogP contribution in [-0.4, -0.2) is 37.4 Å². The first-order chi connectivity index (χ1) is 9.26. The average Bonchev–Trinajstić information content (AvgIpc) is 2.83. The average molecular weight is 263 g/mol. The fourth-order valence-electron chi connectivity index (χ4n) is 1.97. The molecule has 0 saturated carbocycles. The number of fused-ring (bicyclic) bond motifs is 1. The van der Waals surface area contributed by atoms with Crippen LogP contribution in [0.5, 0.6) is 0 Å². The number of amides is 1. The number of methoxy groups -OCH3 is 1. The Labute approximate surface area is 111 Å². The van der Waals surface area contributed by atoms with E-state index in [0.717, 1.165) is 5.39 Å². The second-order valence-electron chi connectivity index (χ2n) is 4.28. The highest BCUT2D eigenvalue weighted by Gasteiger charge is 2.17. The standard InChI is InChI=1S/C14H17NO4/c1-18-8-10(6-7-16)15-14(17)12-9-19-13-5-3-2-4-11(12)13/h2-5,9-10,16H,6-8H2,1H3,(H,15,17). The second-order valence-corrected chi connectivity index (χ2v) is 4.28. The zero-order valence-electron chi connectivity index (χ0n) is 10.8. The lowest BCUT2D eigenvalue weighted by molar-refractivity contribution is 0.0879. The Kier molecular flexibility index (Phi) is 4.54. The van der Waals surface area contributed by atoms with Crippen LogP contribution in [0.4, 0.5) is 0 Å². The van der Waals surface area contributed by atoms with Gasteiger partial charge in [0, 0.05) is 19.1 Å². The van der Waals surface area contributed by atoms with Crippen molar-refractivity contribution in [2.24, 2.45) is 0 Å². The number of carbonyl (C=O) groups is 1. The maximum absolute atomic E-state index is 12.2.